The number of hydrogen-bond acceptors (Lipinski definition) is 5. The second-order valence-electron chi connectivity index (χ2n) is 3.92. The molecule has 0 aliphatic heterocycles. The van der Waals surface area contributed by atoms with E-state index in [0.717, 1.165) is 20.9 Å². The standard InChI is InChI=1S/C12H14BrN3OS.ClH/c1-8(14-2)7-11-15-12(17-16-11)6-4-9-3-5-10(13)18-9;/h3-6,8,14H,7H2,1-2H3;1H/b6-4+;. The second-order valence-corrected chi connectivity index (χ2v) is 6.41. The Balaban J connectivity index is 0.00000180. The first-order valence-corrected chi connectivity index (χ1v) is 7.21. The van der Waals surface area contributed by atoms with Gasteiger partial charge in [0.15, 0.2) is 5.82 Å². The molecule has 0 spiro atoms. The molecule has 1 atom stereocenters. The lowest BCUT2D eigenvalue weighted by Gasteiger charge is -2.04. The Kier molecular flexibility index (Phi) is 6.71. The topological polar surface area (TPSA) is 51.0 Å². The van der Waals surface area contributed by atoms with E-state index in [9.17, 15) is 0 Å². The van der Waals surface area contributed by atoms with E-state index in [1.807, 2.05) is 31.3 Å². The Morgan fingerprint density at radius 1 is 1.47 bits per heavy atom. The predicted molar refractivity (Wildman–Crippen MR) is 84.7 cm³/mol. The molecule has 0 aliphatic carbocycles. The largest absolute Gasteiger partial charge is 0.335 e. The van der Waals surface area contributed by atoms with E-state index in [4.69, 9.17) is 4.52 Å². The third-order valence-corrected chi connectivity index (χ3v) is 4.04. The fourth-order valence-corrected chi connectivity index (χ4v) is 2.69. The number of halogens is 2. The quantitative estimate of drug-likeness (QED) is 0.880. The lowest BCUT2D eigenvalue weighted by molar-refractivity contribution is 0.400. The van der Waals surface area contributed by atoms with Crippen molar-refractivity contribution >= 4 is 51.8 Å². The molecule has 2 aromatic rings. The molecule has 4 nitrogen and oxygen atoms in total. The lowest BCUT2D eigenvalue weighted by Crippen LogP contribution is -2.24. The van der Waals surface area contributed by atoms with E-state index < -0.39 is 0 Å². The maximum atomic E-state index is 5.16. The van der Waals surface area contributed by atoms with Crippen molar-refractivity contribution in [1.29, 1.82) is 0 Å². The highest BCUT2D eigenvalue weighted by Gasteiger charge is 2.07. The third kappa shape index (κ3) is 5.06. The second kappa shape index (κ2) is 7.79. The summed E-state index contributed by atoms with van der Waals surface area (Å²) in [7, 11) is 1.92. The molecule has 0 radical (unpaired) electrons. The van der Waals surface area contributed by atoms with Gasteiger partial charge in [-0.1, -0.05) is 5.16 Å². The Morgan fingerprint density at radius 2 is 2.26 bits per heavy atom. The summed E-state index contributed by atoms with van der Waals surface area (Å²) in [5.41, 5.74) is 0. The van der Waals surface area contributed by atoms with E-state index in [-0.39, 0.29) is 12.4 Å². The molecule has 0 saturated carbocycles. The van der Waals surface area contributed by atoms with Crippen LogP contribution in [0.15, 0.2) is 20.4 Å². The number of thiophene rings is 1. The summed E-state index contributed by atoms with van der Waals surface area (Å²) >= 11 is 5.08. The van der Waals surface area contributed by atoms with Crippen LogP contribution < -0.4 is 5.32 Å². The molecule has 2 aromatic heterocycles. The van der Waals surface area contributed by atoms with Crippen LogP contribution in [0.4, 0.5) is 0 Å². The summed E-state index contributed by atoms with van der Waals surface area (Å²) in [6, 6.07) is 4.39. The molecule has 0 aliphatic rings. The van der Waals surface area contributed by atoms with E-state index in [0.29, 0.717) is 11.9 Å². The highest BCUT2D eigenvalue weighted by Crippen LogP contribution is 2.23. The Bertz CT molecular complexity index is 541. The maximum absolute atomic E-state index is 5.16. The van der Waals surface area contributed by atoms with E-state index in [1.165, 1.54) is 0 Å². The number of rotatable bonds is 5. The average Bonchev–Trinajstić information content (AvgIpc) is 2.96. The summed E-state index contributed by atoms with van der Waals surface area (Å²) in [4.78, 5) is 5.45. The number of nitrogens with one attached hydrogen (secondary N) is 1. The van der Waals surface area contributed by atoms with Crippen LogP contribution in [0.5, 0.6) is 0 Å². The molecule has 0 bridgehead atoms. The summed E-state index contributed by atoms with van der Waals surface area (Å²) in [5.74, 6) is 1.27. The van der Waals surface area contributed by atoms with Crippen LogP contribution in [0, 0.1) is 0 Å². The van der Waals surface area contributed by atoms with Gasteiger partial charge in [0.2, 0.25) is 0 Å². The van der Waals surface area contributed by atoms with Crippen molar-refractivity contribution in [3.8, 4) is 0 Å². The number of hydrogen-bond donors (Lipinski definition) is 1. The first-order valence-electron chi connectivity index (χ1n) is 5.60. The van der Waals surface area contributed by atoms with Crippen molar-refractivity contribution in [2.24, 2.45) is 0 Å². The minimum Gasteiger partial charge on any atom is -0.335 e. The normalized spacial score (nSPS) is 12.6. The zero-order valence-electron chi connectivity index (χ0n) is 10.6. The summed E-state index contributed by atoms with van der Waals surface area (Å²) in [5, 5.41) is 7.08. The summed E-state index contributed by atoms with van der Waals surface area (Å²) < 4.78 is 6.26. The van der Waals surface area contributed by atoms with Crippen LogP contribution in [-0.4, -0.2) is 23.2 Å². The molecule has 104 valence electrons. The van der Waals surface area contributed by atoms with Crippen molar-refractivity contribution in [2.45, 2.75) is 19.4 Å². The van der Waals surface area contributed by atoms with Crippen molar-refractivity contribution in [2.75, 3.05) is 7.05 Å². The number of nitrogens with zero attached hydrogens (tertiary/aromatic N) is 2. The van der Waals surface area contributed by atoms with E-state index >= 15 is 0 Å². The van der Waals surface area contributed by atoms with Gasteiger partial charge in [-0.05, 0) is 48.1 Å². The zero-order valence-corrected chi connectivity index (χ0v) is 13.8. The average molecular weight is 365 g/mol. The van der Waals surface area contributed by atoms with Crippen LogP contribution in [0.1, 0.15) is 23.5 Å². The summed E-state index contributed by atoms with van der Waals surface area (Å²) in [6.07, 6.45) is 4.56. The van der Waals surface area contributed by atoms with E-state index in [2.05, 4.69) is 38.3 Å². The minimum absolute atomic E-state index is 0. The monoisotopic (exact) mass is 363 g/mol. The molecule has 2 rings (SSSR count). The summed E-state index contributed by atoms with van der Waals surface area (Å²) in [6.45, 7) is 2.08. The molecule has 0 fully saturated rings. The van der Waals surface area contributed by atoms with Crippen LogP contribution in [0.2, 0.25) is 0 Å². The molecular weight excluding hydrogens is 350 g/mol. The van der Waals surface area contributed by atoms with Crippen molar-refractivity contribution < 1.29 is 4.52 Å². The van der Waals surface area contributed by atoms with E-state index in [1.54, 1.807) is 11.3 Å². The van der Waals surface area contributed by atoms with Gasteiger partial charge in [0.25, 0.3) is 5.89 Å². The van der Waals surface area contributed by atoms with Gasteiger partial charge in [-0.2, -0.15) is 4.98 Å². The van der Waals surface area contributed by atoms with Crippen LogP contribution >= 0.6 is 39.7 Å². The fourth-order valence-electron chi connectivity index (χ4n) is 1.37. The molecule has 1 unspecified atom stereocenters. The van der Waals surface area contributed by atoms with Crippen LogP contribution in [0.25, 0.3) is 12.2 Å². The molecule has 0 amide bonds. The Morgan fingerprint density at radius 3 is 2.89 bits per heavy atom. The molecule has 1 N–H and O–H groups in total. The maximum Gasteiger partial charge on any atom is 0.250 e. The molecule has 0 saturated heterocycles. The lowest BCUT2D eigenvalue weighted by atomic mass is 10.2. The van der Waals surface area contributed by atoms with Crippen molar-refractivity contribution in [1.82, 2.24) is 15.5 Å². The van der Waals surface area contributed by atoms with Crippen molar-refractivity contribution in [3.05, 3.63) is 32.5 Å². The van der Waals surface area contributed by atoms with Gasteiger partial charge < -0.3 is 9.84 Å². The van der Waals surface area contributed by atoms with Crippen LogP contribution in [0.3, 0.4) is 0 Å². The predicted octanol–water partition coefficient (Wildman–Crippen LogP) is 3.64. The fraction of sp³-hybridized carbons (Fsp3) is 0.333. The third-order valence-electron chi connectivity index (χ3n) is 2.45. The first kappa shape index (κ1) is 16.4. The molecular formula is C12H15BrClN3OS. The van der Waals surface area contributed by atoms with Crippen LogP contribution in [-0.2, 0) is 6.42 Å². The Labute approximate surface area is 130 Å². The molecule has 19 heavy (non-hydrogen) atoms. The van der Waals surface area contributed by atoms with Gasteiger partial charge in [0.1, 0.15) is 0 Å². The molecule has 7 heteroatoms. The highest BCUT2D eigenvalue weighted by atomic mass is 79.9. The minimum atomic E-state index is 0. The first-order chi connectivity index (χ1) is 8.67. The van der Waals surface area contributed by atoms with Gasteiger partial charge >= 0.3 is 0 Å². The van der Waals surface area contributed by atoms with Gasteiger partial charge in [-0.3, -0.25) is 0 Å². The molecule has 0 aromatic carbocycles. The molecule has 2 heterocycles. The van der Waals surface area contributed by atoms with Gasteiger partial charge in [0.05, 0.1) is 3.79 Å². The number of aromatic nitrogens is 2. The smallest absolute Gasteiger partial charge is 0.250 e. The number of likely N-dealkylation sites (N-methyl/N-ethyl adjacent to an activating group) is 1. The highest BCUT2D eigenvalue weighted by molar-refractivity contribution is 9.11. The SMILES string of the molecule is CNC(C)Cc1noc(/C=C/c2ccc(Br)s2)n1.Cl. The van der Waals surface area contributed by atoms with Crippen molar-refractivity contribution in [3.63, 3.8) is 0 Å². The Hall–Kier alpha value is -0.690. The zero-order chi connectivity index (χ0) is 13.0. The van der Waals surface area contributed by atoms with Gasteiger partial charge in [-0.15, -0.1) is 23.7 Å². The van der Waals surface area contributed by atoms with Gasteiger partial charge in [-0.25, -0.2) is 0 Å². The van der Waals surface area contributed by atoms with Gasteiger partial charge in [0, 0.05) is 23.4 Å².